The molecule has 5 aromatic rings. The summed E-state index contributed by atoms with van der Waals surface area (Å²) in [6.45, 7) is 7.23. The molecular formula is C45H45NO2. The van der Waals surface area contributed by atoms with Gasteiger partial charge in [-0.25, -0.2) is 0 Å². The second-order valence-corrected chi connectivity index (χ2v) is 14.9. The maximum atomic E-state index is 7.64. The van der Waals surface area contributed by atoms with Crippen molar-refractivity contribution in [1.82, 2.24) is 0 Å². The fraction of sp³-hybridized carbons (Fsp3) is 0.333. The SMILES string of the molecule is COc1ccc2c3c(c4c(c2c1)OC(c1ccccc1)(c1ccc(N2CCCCC2)cc1)C=C4)C(C)(C1CCC(C)C1)c1ccccc1-3. The van der Waals surface area contributed by atoms with Crippen LogP contribution < -0.4 is 14.4 Å². The van der Waals surface area contributed by atoms with Gasteiger partial charge in [0, 0.05) is 46.3 Å². The Labute approximate surface area is 285 Å². The maximum absolute atomic E-state index is 7.64. The van der Waals surface area contributed by atoms with E-state index in [0.29, 0.717) is 5.92 Å². The zero-order valence-electron chi connectivity index (χ0n) is 28.5. The van der Waals surface area contributed by atoms with E-state index in [9.17, 15) is 0 Å². The summed E-state index contributed by atoms with van der Waals surface area (Å²) in [6, 6.07) is 35.7. The summed E-state index contributed by atoms with van der Waals surface area (Å²) in [6.07, 6.45) is 12.4. The van der Waals surface area contributed by atoms with Gasteiger partial charge in [0.1, 0.15) is 11.5 Å². The summed E-state index contributed by atoms with van der Waals surface area (Å²) in [5.74, 6) is 3.12. The van der Waals surface area contributed by atoms with Gasteiger partial charge in [-0.1, -0.05) is 93.1 Å². The molecule has 242 valence electrons. The molecular weight excluding hydrogens is 587 g/mol. The van der Waals surface area contributed by atoms with Crippen LogP contribution in [0.5, 0.6) is 11.5 Å². The molecule has 0 spiro atoms. The molecule has 4 aliphatic rings. The Morgan fingerprint density at radius 3 is 2.29 bits per heavy atom. The van der Waals surface area contributed by atoms with Crippen LogP contribution in [0.1, 0.15) is 80.2 Å². The maximum Gasteiger partial charge on any atom is 0.178 e. The molecule has 2 aliphatic heterocycles. The third-order valence-corrected chi connectivity index (χ3v) is 12.3. The molecule has 0 bridgehead atoms. The molecule has 48 heavy (non-hydrogen) atoms. The Balaban J connectivity index is 1.29. The predicted octanol–water partition coefficient (Wildman–Crippen LogP) is 10.9. The highest BCUT2D eigenvalue weighted by Gasteiger charge is 2.50. The molecule has 5 aromatic carbocycles. The number of anilines is 1. The van der Waals surface area contributed by atoms with Gasteiger partial charge in [0.05, 0.1) is 7.11 Å². The van der Waals surface area contributed by atoms with Gasteiger partial charge in [-0.3, -0.25) is 0 Å². The van der Waals surface area contributed by atoms with Crippen LogP contribution in [0.25, 0.3) is 28.0 Å². The topological polar surface area (TPSA) is 21.7 Å². The quantitative estimate of drug-likeness (QED) is 0.193. The van der Waals surface area contributed by atoms with Crippen LogP contribution in [0.15, 0.2) is 103 Å². The van der Waals surface area contributed by atoms with Crippen LogP contribution in [0.4, 0.5) is 5.69 Å². The number of piperidine rings is 1. The van der Waals surface area contributed by atoms with E-state index in [1.165, 1.54) is 77.4 Å². The predicted molar refractivity (Wildman–Crippen MR) is 198 cm³/mol. The molecule has 1 saturated carbocycles. The number of fused-ring (bicyclic) bond motifs is 8. The summed E-state index contributed by atoms with van der Waals surface area (Å²) in [7, 11) is 1.76. The fourth-order valence-electron chi connectivity index (χ4n) is 9.75. The minimum absolute atomic E-state index is 0.106. The van der Waals surface area contributed by atoms with Gasteiger partial charge in [0.15, 0.2) is 5.60 Å². The fourth-order valence-corrected chi connectivity index (χ4v) is 9.75. The minimum Gasteiger partial charge on any atom is -0.497 e. The first-order valence-corrected chi connectivity index (χ1v) is 18.1. The normalized spacial score (nSPS) is 25.8. The van der Waals surface area contributed by atoms with E-state index in [0.717, 1.165) is 47.0 Å². The van der Waals surface area contributed by atoms with Crippen LogP contribution in [0.3, 0.4) is 0 Å². The minimum atomic E-state index is -0.775. The number of hydrogen-bond acceptors (Lipinski definition) is 3. The molecule has 1 saturated heterocycles. The van der Waals surface area contributed by atoms with E-state index in [1.54, 1.807) is 7.11 Å². The average molecular weight is 632 g/mol. The molecule has 3 nitrogen and oxygen atoms in total. The Morgan fingerprint density at radius 2 is 1.54 bits per heavy atom. The van der Waals surface area contributed by atoms with Crippen LogP contribution >= 0.6 is 0 Å². The van der Waals surface area contributed by atoms with E-state index in [1.807, 2.05) is 0 Å². The van der Waals surface area contributed by atoms with Crippen LogP contribution in [-0.4, -0.2) is 20.2 Å². The van der Waals surface area contributed by atoms with Crippen molar-refractivity contribution in [3.63, 3.8) is 0 Å². The number of ether oxygens (including phenoxy) is 2. The average Bonchev–Trinajstić information content (AvgIpc) is 3.72. The molecule has 0 amide bonds. The molecule has 3 heteroatoms. The third-order valence-electron chi connectivity index (χ3n) is 12.3. The van der Waals surface area contributed by atoms with Crippen molar-refractivity contribution in [2.75, 3.05) is 25.1 Å². The molecule has 4 atom stereocenters. The summed E-state index contributed by atoms with van der Waals surface area (Å²) >= 11 is 0. The Bertz CT molecular complexity index is 2040. The van der Waals surface area contributed by atoms with Crippen molar-refractivity contribution in [2.24, 2.45) is 11.8 Å². The lowest BCUT2D eigenvalue weighted by Gasteiger charge is -2.40. The standard InChI is InChI=1S/C45H45NO2/c1-30-16-17-33(28-30)44(2)40-15-9-8-14-37(40)41-36-23-22-35(47-3)29-39(36)43-38(42(41)44)24-25-45(48-43,31-12-6-4-7-13-31)32-18-20-34(21-19-32)46-26-10-5-11-27-46/h4,6-9,12-15,18-25,29-30,33H,5,10-11,16-17,26-28H2,1-3H3. The second-order valence-electron chi connectivity index (χ2n) is 14.9. The van der Waals surface area contributed by atoms with Crippen LogP contribution in [-0.2, 0) is 11.0 Å². The smallest absolute Gasteiger partial charge is 0.178 e. The number of benzene rings is 5. The zero-order valence-corrected chi connectivity index (χ0v) is 28.5. The van der Waals surface area contributed by atoms with Crippen LogP contribution in [0.2, 0.25) is 0 Å². The van der Waals surface area contributed by atoms with Gasteiger partial charge in [0.2, 0.25) is 0 Å². The van der Waals surface area contributed by atoms with Crippen molar-refractivity contribution < 1.29 is 9.47 Å². The van der Waals surface area contributed by atoms with E-state index >= 15 is 0 Å². The van der Waals surface area contributed by atoms with E-state index in [-0.39, 0.29) is 5.41 Å². The monoisotopic (exact) mass is 631 g/mol. The first kappa shape index (κ1) is 29.6. The largest absolute Gasteiger partial charge is 0.497 e. The zero-order chi connectivity index (χ0) is 32.5. The van der Waals surface area contributed by atoms with Crippen molar-refractivity contribution >= 4 is 22.5 Å². The van der Waals surface area contributed by atoms with E-state index in [2.05, 4.69) is 128 Å². The summed E-state index contributed by atoms with van der Waals surface area (Å²) in [4.78, 5) is 2.53. The molecule has 0 N–H and O–H groups in total. The molecule has 9 rings (SSSR count). The number of methoxy groups -OCH3 is 1. The van der Waals surface area contributed by atoms with Gasteiger partial charge < -0.3 is 14.4 Å². The molecule has 2 heterocycles. The molecule has 0 aromatic heterocycles. The first-order valence-electron chi connectivity index (χ1n) is 18.1. The summed E-state index contributed by atoms with van der Waals surface area (Å²) in [5.41, 5.74) is 9.56. The van der Waals surface area contributed by atoms with Crippen molar-refractivity contribution in [1.29, 1.82) is 0 Å². The lowest BCUT2D eigenvalue weighted by atomic mass is 9.67. The third kappa shape index (κ3) is 4.32. The van der Waals surface area contributed by atoms with Crippen LogP contribution in [0, 0.1) is 11.8 Å². The summed E-state index contributed by atoms with van der Waals surface area (Å²) in [5, 5.41) is 2.35. The van der Waals surface area contributed by atoms with Gasteiger partial charge in [-0.2, -0.15) is 0 Å². The lowest BCUT2D eigenvalue weighted by molar-refractivity contribution is 0.163. The molecule has 2 aliphatic carbocycles. The first-order chi connectivity index (χ1) is 23.5. The number of hydrogen-bond donors (Lipinski definition) is 0. The molecule has 4 unspecified atom stereocenters. The molecule has 2 fully saturated rings. The molecule has 0 radical (unpaired) electrons. The van der Waals surface area contributed by atoms with E-state index < -0.39 is 5.60 Å². The number of rotatable bonds is 5. The second kappa shape index (κ2) is 11.3. The number of nitrogens with zero attached hydrogens (tertiary/aromatic N) is 1. The highest BCUT2D eigenvalue weighted by molar-refractivity contribution is 6.09. The van der Waals surface area contributed by atoms with Gasteiger partial charge in [-0.05, 0) is 108 Å². The van der Waals surface area contributed by atoms with E-state index in [4.69, 9.17) is 9.47 Å². The Morgan fingerprint density at radius 1 is 0.792 bits per heavy atom. The van der Waals surface area contributed by atoms with Crippen molar-refractivity contribution in [3.8, 4) is 22.6 Å². The lowest BCUT2D eigenvalue weighted by Crippen LogP contribution is -2.36. The Kier molecular flexibility index (Phi) is 6.97. The van der Waals surface area contributed by atoms with Crippen molar-refractivity contribution in [3.05, 3.63) is 131 Å². The summed E-state index contributed by atoms with van der Waals surface area (Å²) < 4.78 is 13.5. The van der Waals surface area contributed by atoms with Gasteiger partial charge in [0.25, 0.3) is 0 Å². The highest BCUT2D eigenvalue weighted by atomic mass is 16.5. The van der Waals surface area contributed by atoms with Crippen molar-refractivity contribution in [2.45, 2.75) is 63.4 Å². The van der Waals surface area contributed by atoms with Gasteiger partial charge in [-0.15, -0.1) is 0 Å². The Hall–Kier alpha value is -4.50. The highest BCUT2D eigenvalue weighted by Crippen LogP contribution is 2.62. The van der Waals surface area contributed by atoms with Gasteiger partial charge >= 0.3 is 0 Å².